The van der Waals surface area contributed by atoms with Crippen LogP contribution in [0.15, 0.2) is 23.2 Å². The first kappa shape index (κ1) is 11.1. The first-order valence-electron chi connectivity index (χ1n) is 3.95. The molecule has 0 radical (unpaired) electrons. The van der Waals surface area contributed by atoms with Gasteiger partial charge in [0.1, 0.15) is 0 Å². The van der Waals surface area contributed by atoms with Gasteiger partial charge >= 0.3 is 13.1 Å². The van der Waals surface area contributed by atoms with Gasteiger partial charge in [-0.25, -0.2) is 4.79 Å². The van der Waals surface area contributed by atoms with E-state index in [9.17, 15) is 4.79 Å². The van der Waals surface area contributed by atoms with Crippen molar-refractivity contribution in [2.24, 2.45) is 0 Å². The average molecular weight is 212 g/mol. The molecule has 0 bridgehead atoms. The van der Waals surface area contributed by atoms with Crippen LogP contribution in [-0.4, -0.2) is 35.1 Å². The summed E-state index contributed by atoms with van der Waals surface area (Å²) in [5.74, 6) is -0.509. The average Bonchev–Trinajstić information content (AvgIpc) is 2.17. The van der Waals surface area contributed by atoms with E-state index in [2.05, 4.69) is 4.74 Å². The minimum absolute atomic E-state index is 0.183. The molecule has 0 aromatic heterocycles. The largest absolute Gasteiger partial charge is 0.489 e. The van der Waals surface area contributed by atoms with Gasteiger partial charge in [-0.2, -0.15) is 0 Å². The molecular weight excluding hydrogens is 203 g/mol. The van der Waals surface area contributed by atoms with Crippen LogP contribution in [0.1, 0.15) is 6.42 Å². The molecule has 0 aromatic carbocycles. The van der Waals surface area contributed by atoms with Gasteiger partial charge in [0.15, 0.2) is 0 Å². The van der Waals surface area contributed by atoms with Crippen LogP contribution in [0.2, 0.25) is 0 Å². The molecule has 1 aliphatic carbocycles. The molecule has 0 heterocycles. The van der Waals surface area contributed by atoms with E-state index >= 15 is 0 Å². The maximum absolute atomic E-state index is 11.1. The van der Waals surface area contributed by atoms with Gasteiger partial charge in [0.05, 0.1) is 12.7 Å². The number of carbonyl (C=O) groups is 1. The first-order chi connectivity index (χ1) is 6.56. The molecular formula is C8H9BO4S. The highest BCUT2D eigenvalue weighted by Crippen LogP contribution is 2.17. The molecule has 0 aliphatic heterocycles. The molecule has 0 spiro atoms. The lowest BCUT2D eigenvalue weighted by Crippen LogP contribution is -2.24. The quantitative estimate of drug-likeness (QED) is 0.377. The Hall–Kier alpha value is -0.975. The lowest BCUT2D eigenvalue weighted by molar-refractivity contribution is -0.135. The summed E-state index contributed by atoms with van der Waals surface area (Å²) in [6.45, 7) is 0. The van der Waals surface area contributed by atoms with E-state index in [1.165, 1.54) is 13.2 Å². The molecule has 14 heavy (non-hydrogen) atoms. The molecule has 1 rings (SSSR count). The van der Waals surface area contributed by atoms with Crippen molar-refractivity contribution in [1.82, 2.24) is 0 Å². The number of carbonyl (C=O) groups excluding carboxylic acids is 1. The van der Waals surface area contributed by atoms with E-state index in [1.807, 2.05) is 0 Å². The summed E-state index contributed by atoms with van der Waals surface area (Å²) in [6.07, 6.45) is 3.28. The molecule has 74 valence electrons. The third kappa shape index (κ3) is 2.28. The Kier molecular flexibility index (Phi) is 3.57. The second-order valence-electron chi connectivity index (χ2n) is 2.75. The summed E-state index contributed by atoms with van der Waals surface area (Å²) in [7, 11) is -0.380. The van der Waals surface area contributed by atoms with E-state index in [4.69, 9.17) is 22.3 Å². The minimum atomic E-state index is -1.64. The van der Waals surface area contributed by atoms with Crippen molar-refractivity contribution in [3.63, 3.8) is 0 Å². The highest BCUT2D eigenvalue weighted by molar-refractivity contribution is 7.81. The lowest BCUT2D eigenvalue weighted by Gasteiger charge is -2.12. The second kappa shape index (κ2) is 4.50. The maximum atomic E-state index is 11.1. The lowest BCUT2D eigenvalue weighted by atomic mass is 9.73. The van der Waals surface area contributed by atoms with Crippen LogP contribution >= 0.6 is 12.2 Å². The van der Waals surface area contributed by atoms with Crippen LogP contribution in [0.4, 0.5) is 0 Å². The van der Waals surface area contributed by atoms with Gasteiger partial charge in [-0.15, -0.1) is 0 Å². The van der Waals surface area contributed by atoms with E-state index in [0.717, 1.165) is 0 Å². The minimum Gasteiger partial charge on any atom is -0.465 e. The molecule has 0 fully saturated rings. The number of hydrogen-bond acceptors (Lipinski definition) is 5. The molecule has 4 nitrogen and oxygen atoms in total. The Bertz CT molecular complexity index is 332. The molecule has 0 amide bonds. The van der Waals surface area contributed by atoms with Gasteiger partial charge in [-0.3, -0.25) is 0 Å². The van der Waals surface area contributed by atoms with Crippen LogP contribution in [0, 0.1) is 0 Å². The topological polar surface area (TPSA) is 66.8 Å². The molecule has 0 aromatic rings. The summed E-state index contributed by atoms with van der Waals surface area (Å²) in [6, 6.07) is 0. The van der Waals surface area contributed by atoms with Gasteiger partial charge in [0.25, 0.3) is 0 Å². The monoisotopic (exact) mass is 212 g/mol. The van der Waals surface area contributed by atoms with Gasteiger partial charge < -0.3 is 14.8 Å². The summed E-state index contributed by atoms with van der Waals surface area (Å²) in [5.41, 5.74) is 0.479. The first-order valence-corrected chi connectivity index (χ1v) is 4.36. The van der Waals surface area contributed by atoms with E-state index in [1.54, 1.807) is 6.08 Å². The van der Waals surface area contributed by atoms with Crippen molar-refractivity contribution in [2.75, 3.05) is 7.11 Å². The summed E-state index contributed by atoms with van der Waals surface area (Å²) in [4.78, 5) is 11.5. The zero-order valence-corrected chi connectivity index (χ0v) is 8.37. The predicted octanol–water partition coefficient (Wildman–Crippen LogP) is -0.202. The highest BCUT2D eigenvalue weighted by atomic mass is 32.1. The van der Waals surface area contributed by atoms with Crippen LogP contribution in [0.3, 0.4) is 0 Å². The van der Waals surface area contributed by atoms with Crippen molar-refractivity contribution in [1.29, 1.82) is 0 Å². The van der Waals surface area contributed by atoms with Gasteiger partial charge in [0, 0.05) is 11.3 Å². The van der Waals surface area contributed by atoms with Crippen molar-refractivity contribution in [3.05, 3.63) is 23.2 Å². The van der Waals surface area contributed by atoms with E-state index in [0.29, 0.717) is 16.9 Å². The SMILES string of the molecule is COC(=O)C1=CCC(=S)C(B(O)O)=C1. The molecule has 6 heteroatoms. The summed E-state index contributed by atoms with van der Waals surface area (Å²) >= 11 is 4.89. The number of thiocarbonyl (C=S) groups is 1. The van der Waals surface area contributed by atoms with E-state index in [-0.39, 0.29) is 5.47 Å². The van der Waals surface area contributed by atoms with Crippen molar-refractivity contribution < 1.29 is 19.6 Å². The molecule has 0 unspecified atom stereocenters. The fourth-order valence-corrected chi connectivity index (χ4v) is 1.35. The normalized spacial score (nSPS) is 15.8. The third-order valence-electron chi connectivity index (χ3n) is 1.84. The summed E-state index contributed by atoms with van der Waals surface area (Å²) in [5, 5.41) is 17.9. The Labute approximate surface area is 87.0 Å². The predicted molar refractivity (Wildman–Crippen MR) is 55.6 cm³/mol. The van der Waals surface area contributed by atoms with Crippen molar-refractivity contribution >= 4 is 30.2 Å². The van der Waals surface area contributed by atoms with Crippen LogP contribution in [-0.2, 0) is 9.53 Å². The van der Waals surface area contributed by atoms with E-state index < -0.39 is 13.1 Å². The Morgan fingerprint density at radius 1 is 1.64 bits per heavy atom. The highest BCUT2D eigenvalue weighted by Gasteiger charge is 2.23. The van der Waals surface area contributed by atoms with Gasteiger partial charge in [0.2, 0.25) is 0 Å². The maximum Gasteiger partial charge on any atom is 0.489 e. The number of esters is 1. The molecule has 1 aliphatic rings. The number of hydrogen-bond donors (Lipinski definition) is 2. The second-order valence-corrected chi connectivity index (χ2v) is 3.24. The zero-order valence-electron chi connectivity index (χ0n) is 7.56. The van der Waals surface area contributed by atoms with Crippen molar-refractivity contribution in [2.45, 2.75) is 6.42 Å². The fourth-order valence-electron chi connectivity index (χ4n) is 1.11. The van der Waals surface area contributed by atoms with Crippen LogP contribution in [0.5, 0.6) is 0 Å². The number of rotatable bonds is 2. The zero-order chi connectivity index (χ0) is 10.7. The Morgan fingerprint density at radius 2 is 2.29 bits per heavy atom. The van der Waals surface area contributed by atoms with Crippen molar-refractivity contribution in [3.8, 4) is 0 Å². The number of methoxy groups -OCH3 is 1. The van der Waals surface area contributed by atoms with Crippen LogP contribution in [0.25, 0.3) is 0 Å². The van der Waals surface area contributed by atoms with Gasteiger partial charge in [-0.1, -0.05) is 18.3 Å². The molecule has 2 N–H and O–H groups in total. The summed E-state index contributed by atoms with van der Waals surface area (Å²) < 4.78 is 4.49. The number of allylic oxidation sites excluding steroid dienone is 2. The third-order valence-corrected chi connectivity index (χ3v) is 2.24. The fraction of sp³-hybridized carbons (Fsp3) is 0.250. The number of ether oxygens (including phenoxy) is 1. The molecule has 0 atom stereocenters. The van der Waals surface area contributed by atoms with Gasteiger partial charge in [-0.05, 0) is 11.5 Å². The molecule has 0 saturated carbocycles. The Morgan fingerprint density at radius 3 is 2.79 bits per heavy atom. The Balaban J connectivity index is 2.94. The standard InChI is InChI=1S/C8H9BO4S/c1-13-8(10)5-2-3-7(14)6(4-5)9(11)12/h2,4,11-12H,3H2,1H3. The smallest absolute Gasteiger partial charge is 0.465 e. The van der Waals surface area contributed by atoms with Crippen LogP contribution < -0.4 is 0 Å². The molecule has 0 saturated heterocycles.